The Labute approximate surface area is 119 Å². The molecule has 2 rings (SSSR count). The Morgan fingerprint density at radius 3 is 2.40 bits per heavy atom. The highest BCUT2D eigenvalue weighted by Crippen LogP contribution is 2.30. The van der Waals surface area contributed by atoms with Gasteiger partial charge in [0, 0.05) is 5.56 Å². The van der Waals surface area contributed by atoms with E-state index in [9.17, 15) is 13.5 Å². The zero-order chi connectivity index (χ0) is 14.8. The van der Waals surface area contributed by atoms with Gasteiger partial charge in [-0.2, -0.15) is 0 Å². The molecule has 0 aromatic heterocycles. The number of hydrogen-bond donors (Lipinski definition) is 1. The van der Waals surface area contributed by atoms with Gasteiger partial charge in [0.2, 0.25) is 9.84 Å². The number of aryl methyl sites for hydroxylation is 1. The predicted molar refractivity (Wildman–Crippen MR) is 78.6 cm³/mol. The van der Waals surface area contributed by atoms with Gasteiger partial charge in [-0.25, -0.2) is 8.42 Å². The third-order valence-electron chi connectivity index (χ3n) is 3.08. The Morgan fingerprint density at radius 1 is 1.15 bits per heavy atom. The first-order valence-electron chi connectivity index (χ1n) is 6.20. The molecule has 104 valence electrons. The average molecular weight is 288 g/mol. The van der Waals surface area contributed by atoms with Crippen LogP contribution in [-0.4, -0.2) is 13.5 Å². The van der Waals surface area contributed by atoms with Crippen LogP contribution in [-0.2, 0) is 16.3 Å². The van der Waals surface area contributed by atoms with Crippen molar-refractivity contribution in [1.29, 1.82) is 0 Å². The van der Waals surface area contributed by atoms with E-state index in [2.05, 4.69) is 6.58 Å². The molecule has 0 unspecified atom stereocenters. The van der Waals surface area contributed by atoms with Crippen molar-refractivity contribution in [3.63, 3.8) is 0 Å². The quantitative estimate of drug-likeness (QED) is 0.879. The van der Waals surface area contributed by atoms with Crippen molar-refractivity contribution in [2.75, 3.05) is 0 Å². The topological polar surface area (TPSA) is 54.4 Å². The molecule has 3 nitrogen and oxygen atoms in total. The molecule has 0 aliphatic rings. The molecule has 0 amide bonds. The zero-order valence-corrected chi connectivity index (χ0v) is 12.0. The van der Waals surface area contributed by atoms with Gasteiger partial charge in [0.1, 0.15) is 5.75 Å². The molecule has 0 atom stereocenters. The van der Waals surface area contributed by atoms with E-state index in [0.717, 1.165) is 5.56 Å². The summed E-state index contributed by atoms with van der Waals surface area (Å²) in [5.74, 6) is -0.0295. The minimum absolute atomic E-state index is 0.0295. The van der Waals surface area contributed by atoms with Crippen LogP contribution in [0.15, 0.2) is 64.9 Å². The van der Waals surface area contributed by atoms with E-state index in [1.54, 1.807) is 30.3 Å². The molecular formula is C16H16O3S. The fourth-order valence-electron chi connectivity index (χ4n) is 2.00. The highest BCUT2D eigenvalue weighted by molar-refractivity contribution is 7.91. The first-order chi connectivity index (χ1) is 9.46. The van der Waals surface area contributed by atoms with Crippen molar-refractivity contribution in [1.82, 2.24) is 0 Å². The number of phenolic OH excluding ortho intramolecular Hbond substituents is 1. The van der Waals surface area contributed by atoms with Crippen molar-refractivity contribution in [2.24, 2.45) is 0 Å². The summed E-state index contributed by atoms with van der Waals surface area (Å²) in [4.78, 5) is 0.347. The number of phenols is 1. The van der Waals surface area contributed by atoms with Crippen LogP contribution in [0.1, 0.15) is 11.1 Å². The highest BCUT2D eigenvalue weighted by atomic mass is 32.2. The van der Waals surface area contributed by atoms with Crippen LogP contribution < -0.4 is 0 Å². The average Bonchev–Trinajstić information content (AvgIpc) is 2.41. The lowest BCUT2D eigenvalue weighted by Crippen LogP contribution is -2.05. The van der Waals surface area contributed by atoms with E-state index in [0.29, 0.717) is 12.0 Å². The second-order valence-corrected chi connectivity index (χ2v) is 6.48. The minimum Gasteiger partial charge on any atom is -0.508 e. The van der Waals surface area contributed by atoms with E-state index in [1.807, 2.05) is 6.92 Å². The molecule has 2 aromatic carbocycles. The van der Waals surface area contributed by atoms with Gasteiger partial charge in [-0.05, 0) is 37.6 Å². The van der Waals surface area contributed by atoms with E-state index in [-0.39, 0.29) is 15.5 Å². The van der Waals surface area contributed by atoms with Crippen molar-refractivity contribution < 1.29 is 13.5 Å². The van der Waals surface area contributed by atoms with Crippen LogP contribution in [0, 0.1) is 6.92 Å². The minimum atomic E-state index is -3.64. The van der Waals surface area contributed by atoms with Crippen LogP contribution in [0.2, 0.25) is 0 Å². The monoisotopic (exact) mass is 288 g/mol. The maximum Gasteiger partial charge on any atom is 0.207 e. The zero-order valence-electron chi connectivity index (χ0n) is 11.2. The largest absolute Gasteiger partial charge is 0.508 e. The molecule has 0 bridgehead atoms. The van der Waals surface area contributed by atoms with Gasteiger partial charge in [0.25, 0.3) is 0 Å². The van der Waals surface area contributed by atoms with Crippen LogP contribution >= 0.6 is 0 Å². The maximum absolute atomic E-state index is 12.6. The molecule has 0 saturated carbocycles. The molecule has 0 spiro atoms. The van der Waals surface area contributed by atoms with E-state index in [4.69, 9.17) is 0 Å². The smallest absolute Gasteiger partial charge is 0.207 e. The van der Waals surface area contributed by atoms with Gasteiger partial charge in [-0.1, -0.05) is 29.8 Å². The number of allylic oxidation sites excluding steroid dienone is 1. The fraction of sp³-hybridized carbons (Fsp3) is 0.125. The first kappa shape index (κ1) is 14.3. The van der Waals surface area contributed by atoms with Crippen LogP contribution in [0.5, 0.6) is 5.75 Å². The summed E-state index contributed by atoms with van der Waals surface area (Å²) < 4.78 is 25.3. The standard InChI is InChI=1S/C16H16O3S/c1-3-5-14-15(17)6-4-7-16(14)20(18,19)13-10-8-12(2)9-11-13/h3-4,6-11,17H,1,5H2,2H3. The Balaban J connectivity index is 2.63. The molecule has 2 aromatic rings. The maximum atomic E-state index is 12.6. The molecule has 0 radical (unpaired) electrons. The van der Waals surface area contributed by atoms with Gasteiger partial charge < -0.3 is 5.11 Å². The first-order valence-corrected chi connectivity index (χ1v) is 7.68. The Hall–Kier alpha value is -2.07. The predicted octanol–water partition coefficient (Wildman–Crippen LogP) is 3.26. The summed E-state index contributed by atoms with van der Waals surface area (Å²) in [6, 6.07) is 11.2. The lowest BCUT2D eigenvalue weighted by molar-refractivity contribution is 0.466. The molecule has 20 heavy (non-hydrogen) atoms. The fourth-order valence-corrected chi connectivity index (χ4v) is 3.52. The molecule has 4 heteroatoms. The van der Waals surface area contributed by atoms with Crippen LogP contribution in [0.25, 0.3) is 0 Å². The molecule has 1 N–H and O–H groups in total. The number of sulfone groups is 1. The normalized spacial score (nSPS) is 11.2. The Morgan fingerprint density at radius 2 is 1.80 bits per heavy atom. The van der Waals surface area contributed by atoms with Crippen molar-refractivity contribution >= 4 is 9.84 Å². The van der Waals surface area contributed by atoms with E-state index >= 15 is 0 Å². The molecule has 0 saturated heterocycles. The summed E-state index contributed by atoms with van der Waals surface area (Å²) >= 11 is 0. The number of aromatic hydroxyl groups is 1. The molecule has 0 aliphatic carbocycles. The van der Waals surface area contributed by atoms with Gasteiger partial charge in [0.15, 0.2) is 0 Å². The van der Waals surface area contributed by atoms with Gasteiger partial charge in [0.05, 0.1) is 9.79 Å². The third kappa shape index (κ3) is 2.60. The summed E-state index contributed by atoms with van der Waals surface area (Å²) in [5.41, 5.74) is 1.37. The summed E-state index contributed by atoms with van der Waals surface area (Å²) in [5, 5.41) is 9.86. The second-order valence-electron chi connectivity index (χ2n) is 4.56. The van der Waals surface area contributed by atoms with Crippen molar-refractivity contribution in [3.8, 4) is 5.75 Å². The van der Waals surface area contributed by atoms with E-state index < -0.39 is 9.84 Å². The Kier molecular flexibility index (Phi) is 3.95. The lowest BCUT2D eigenvalue weighted by Gasteiger charge is -2.11. The van der Waals surface area contributed by atoms with E-state index in [1.165, 1.54) is 18.2 Å². The van der Waals surface area contributed by atoms with Crippen molar-refractivity contribution in [3.05, 3.63) is 66.2 Å². The number of benzene rings is 2. The summed E-state index contributed by atoms with van der Waals surface area (Å²) in [7, 11) is -3.64. The molecule has 0 fully saturated rings. The van der Waals surface area contributed by atoms with Gasteiger partial charge in [-0.15, -0.1) is 6.58 Å². The van der Waals surface area contributed by atoms with Crippen LogP contribution in [0.4, 0.5) is 0 Å². The summed E-state index contributed by atoms with van der Waals surface area (Å²) in [6.45, 7) is 5.50. The highest BCUT2D eigenvalue weighted by Gasteiger charge is 2.22. The summed E-state index contributed by atoms with van der Waals surface area (Å²) in [6.07, 6.45) is 1.87. The number of hydrogen-bond acceptors (Lipinski definition) is 3. The van der Waals surface area contributed by atoms with Crippen LogP contribution in [0.3, 0.4) is 0 Å². The van der Waals surface area contributed by atoms with Gasteiger partial charge in [-0.3, -0.25) is 0 Å². The molecule has 0 heterocycles. The molecular weight excluding hydrogens is 272 g/mol. The SMILES string of the molecule is C=CCc1c(O)cccc1S(=O)(=O)c1ccc(C)cc1. The lowest BCUT2D eigenvalue weighted by atomic mass is 10.1. The third-order valence-corrected chi connectivity index (χ3v) is 4.93. The molecule has 0 aliphatic heterocycles. The van der Waals surface area contributed by atoms with Gasteiger partial charge >= 0.3 is 0 Å². The Bertz CT molecular complexity index is 729. The van der Waals surface area contributed by atoms with Crippen molar-refractivity contribution in [2.45, 2.75) is 23.1 Å². The second kappa shape index (κ2) is 5.51. The number of rotatable bonds is 4.